The van der Waals surface area contributed by atoms with E-state index in [4.69, 9.17) is 4.74 Å². The molecule has 1 aromatic heterocycles. The number of rotatable bonds is 5. The molecular formula is C22H17BrN2O2. The molecule has 0 spiro atoms. The molecule has 0 aliphatic heterocycles. The van der Waals surface area contributed by atoms with Crippen LogP contribution in [0.4, 0.5) is 0 Å². The molecule has 0 bridgehead atoms. The molecule has 0 radical (unpaired) electrons. The molecule has 0 saturated heterocycles. The standard InChI is InChI=1S/C22H17BrN2O2/c23-18-9-10-21-20(12-18)22(26)25(15-24-21)13-17-7-4-8-19(11-17)27-14-16-5-2-1-3-6-16/h1-12,15H,13-14H2. The van der Waals surface area contributed by atoms with Gasteiger partial charge in [0.25, 0.3) is 5.56 Å². The van der Waals surface area contributed by atoms with Crippen LogP contribution in [0.3, 0.4) is 0 Å². The van der Waals surface area contributed by atoms with E-state index in [-0.39, 0.29) is 5.56 Å². The van der Waals surface area contributed by atoms with E-state index in [1.807, 2.05) is 66.7 Å². The van der Waals surface area contributed by atoms with Crippen molar-refractivity contribution in [3.8, 4) is 5.75 Å². The summed E-state index contributed by atoms with van der Waals surface area (Å²) in [7, 11) is 0. The van der Waals surface area contributed by atoms with Gasteiger partial charge in [-0.2, -0.15) is 0 Å². The first-order valence-corrected chi connectivity index (χ1v) is 9.39. The van der Waals surface area contributed by atoms with Crippen molar-refractivity contribution in [1.82, 2.24) is 9.55 Å². The van der Waals surface area contributed by atoms with Gasteiger partial charge in [-0.15, -0.1) is 0 Å². The van der Waals surface area contributed by atoms with Gasteiger partial charge < -0.3 is 4.74 Å². The summed E-state index contributed by atoms with van der Waals surface area (Å²) in [6, 6.07) is 23.3. The van der Waals surface area contributed by atoms with Crippen LogP contribution in [0.2, 0.25) is 0 Å². The lowest BCUT2D eigenvalue weighted by atomic mass is 10.2. The third kappa shape index (κ3) is 4.09. The number of ether oxygens (including phenoxy) is 1. The smallest absolute Gasteiger partial charge is 0.261 e. The minimum Gasteiger partial charge on any atom is -0.489 e. The van der Waals surface area contributed by atoms with Gasteiger partial charge >= 0.3 is 0 Å². The van der Waals surface area contributed by atoms with E-state index in [1.54, 1.807) is 17.0 Å². The largest absolute Gasteiger partial charge is 0.489 e. The molecule has 0 atom stereocenters. The molecule has 4 aromatic rings. The average molecular weight is 421 g/mol. The Morgan fingerprint density at radius 2 is 1.74 bits per heavy atom. The highest BCUT2D eigenvalue weighted by molar-refractivity contribution is 9.10. The highest BCUT2D eigenvalue weighted by Crippen LogP contribution is 2.17. The van der Waals surface area contributed by atoms with E-state index in [9.17, 15) is 4.79 Å². The maximum atomic E-state index is 12.8. The lowest BCUT2D eigenvalue weighted by Crippen LogP contribution is -2.21. The monoisotopic (exact) mass is 420 g/mol. The van der Waals surface area contributed by atoms with Gasteiger partial charge in [-0.05, 0) is 41.5 Å². The third-order valence-electron chi connectivity index (χ3n) is 4.29. The van der Waals surface area contributed by atoms with Crippen LogP contribution in [0.15, 0.2) is 88.4 Å². The van der Waals surface area contributed by atoms with Crippen LogP contribution in [0, 0.1) is 0 Å². The van der Waals surface area contributed by atoms with Crippen molar-refractivity contribution in [2.75, 3.05) is 0 Å². The van der Waals surface area contributed by atoms with Gasteiger partial charge in [-0.3, -0.25) is 9.36 Å². The Morgan fingerprint density at radius 1 is 0.926 bits per heavy atom. The number of aromatic nitrogens is 2. The highest BCUT2D eigenvalue weighted by Gasteiger charge is 2.06. The van der Waals surface area contributed by atoms with Crippen LogP contribution in [0.5, 0.6) is 5.75 Å². The molecule has 0 saturated carbocycles. The summed E-state index contributed by atoms with van der Waals surface area (Å²) in [6.07, 6.45) is 1.59. The van der Waals surface area contributed by atoms with Gasteiger partial charge in [0.2, 0.25) is 0 Å². The van der Waals surface area contributed by atoms with Crippen molar-refractivity contribution in [2.24, 2.45) is 0 Å². The minimum atomic E-state index is -0.0584. The van der Waals surface area contributed by atoms with Crippen molar-refractivity contribution in [3.05, 3.63) is 105 Å². The quantitative estimate of drug-likeness (QED) is 0.466. The molecule has 5 heteroatoms. The average Bonchev–Trinajstić information content (AvgIpc) is 2.70. The molecule has 3 aromatic carbocycles. The van der Waals surface area contributed by atoms with Gasteiger partial charge in [0, 0.05) is 4.47 Å². The first-order chi connectivity index (χ1) is 13.2. The summed E-state index contributed by atoms with van der Waals surface area (Å²) in [5.41, 5.74) is 2.73. The Kier molecular flexibility index (Phi) is 5.03. The van der Waals surface area contributed by atoms with Crippen molar-refractivity contribution in [3.63, 3.8) is 0 Å². The van der Waals surface area contributed by atoms with Gasteiger partial charge in [0.15, 0.2) is 0 Å². The molecule has 0 unspecified atom stereocenters. The van der Waals surface area contributed by atoms with Crippen LogP contribution >= 0.6 is 15.9 Å². The number of halogens is 1. The number of fused-ring (bicyclic) bond motifs is 1. The lowest BCUT2D eigenvalue weighted by molar-refractivity contribution is 0.306. The van der Waals surface area contributed by atoms with E-state index in [0.29, 0.717) is 24.1 Å². The van der Waals surface area contributed by atoms with Crippen LogP contribution in [-0.4, -0.2) is 9.55 Å². The maximum absolute atomic E-state index is 12.8. The summed E-state index contributed by atoms with van der Waals surface area (Å²) in [5, 5.41) is 0.600. The molecular weight excluding hydrogens is 404 g/mol. The van der Waals surface area contributed by atoms with Crippen LogP contribution in [-0.2, 0) is 13.2 Å². The predicted molar refractivity (Wildman–Crippen MR) is 110 cm³/mol. The second-order valence-electron chi connectivity index (χ2n) is 6.26. The molecule has 0 aliphatic rings. The fourth-order valence-corrected chi connectivity index (χ4v) is 3.28. The van der Waals surface area contributed by atoms with Crippen molar-refractivity contribution in [2.45, 2.75) is 13.2 Å². The number of benzene rings is 3. The Morgan fingerprint density at radius 3 is 2.59 bits per heavy atom. The second kappa shape index (κ2) is 7.76. The van der Waals surface area contributed by atoms with Crippen molar-refractivity contribution >= 4 is 26.8 Å². The Bertz CT molecular complexity index is 1140. The zero-order valence-corrected chi connectivity index (χ0v) is 16.1. The van der Waals surface area contributed by atoms with Crippen LogP contribution in [0.1, 0.15) is 11.1 Å². The Balaban J connectivity index is 1.55. The van der Waals surface area contributed by atoms with E-state index in [2.05, 4.69) is 20.9 Å². The van der Waals surface area contributed by atoms with E-state index in [1.165, 1.54) is 0 Å². The van der Waals surface area contributed by atoms with Crippen LogP contribution < -0.4 is 10.3 Å². The molecule has 134 valence electrons. The van der Waals surface area contributed by atoms with Crippen LogP contribution in [0.25, 0.3) is 10.9 Å². The van der Waals surface area contributed by atoms with Gasteiger partial charge in [0.1, 0.15) is 12.4 Å². The molecule has 4 rings (SSSR count). The summed E-state index contributed by atoms with van der Waals surface area (Å²) >= 11 is 3.41. The van der Waals surface area contributed by atoms with Gasteiger partial charge in [0.05, 0.1) is 23.8 Å². The maximum Gasteiger partial charge on any atom is 0.261 e. The molecule has 4 nitrogen and oxygen atoms in total. The van der Waals surface area contributed by atoms with E-state index in [0.717, 1.165) is 21.3 Å². The molecule has 27 heavy (non-hydrogen) atoms. The van der Waals surface area contributed by atoms with Crippen molar-refractivity contribution in [1.29, 1.82) is 0 Å². The second-order valence-corrected chi connectivity index (χ2v) is 7.18. The van der Waals surface area contributed by atoms with Crippen molar-refractivity contribution < 1.29 is 4.74 Å². The topological polar surface area (TPSA) is 44.1 Å². The zero-order chi connectivity index (χ0) is 18.6. The number of nitrogens with zero attached hydrogens (tertiary/aromatic N) is 2. The minimum absolute atomic E-state index is 0.0584. The first-order valence-electron chi connectivity index (χ1n) is 8.59. The highest BCUT2D eigenvalue weighted by atomic mass is 79.9. The normalized spacial score (nSPS) is 10.9. The summed E-state index contributed by atoms with van der Waals surface area (Å²) in [4.78, 5) is 17.1. The fraction of sp³-hybridized carbons (Fsp3) is 0.0909. The zero-order valence-electron chi connectivity index (χ0n) is 14.5. The Hall–Kier alpha value is -2.92. The summed E-state index contributed by atoms with van der Waals surface area (Å²) in [6.45, 7) is 0.951. The number of hydrogen-bond donors (Lipinski definition) is 0. The molecule has 0 fully saturated rings. The third-order valence-corrected chi connectivity index (χ3v) is 4.78. The lowest BCUT2D eigenvalue weighted by Gasteiger charge is -2.10. The SMILES string of the molecule is O=c1c2cc(Br)ccc2ncn1Cc1cccc(OCc2ccccc2)c1. The molecule has 1 heterocycles. The summed E-state index contributed by atoms with van der Waals surface area (Å²) < 4.78 is 8.36. The molecule has 0 N–H and O–H groups in total. The van der Waals surface area contributed by atoms with E-state index >= 15 is 0 Å². The summed E-state index contributed by atoms with van der Waals surface area (Å²) in [5.74, 6) is 0.779. The van der Waals surface area contributed by atoms with Gasteiger partial charge in [-0.1, -0.05) is 58.4 Å². The van der Waals surface area contributed by atoms with Gasteiger partial charge in [-0.25, -0.2) is 4.98 Å². The Labute approximate surface area is 165 Å². The fourth-order valence-electron chi connectivity index (χ4n) is 2.92. The van der Waals surface area contributed by atoms with E-state index < -0.39 is 0 Å². The molecule has 0 amide bonds. The predicted octanol–water partition coefficient (Wildman–Crippen LogP) is 4.79. The first kappa shape index (κ1) is 17.5. The number of hydrogen-bond acceptors (Lipinski definition) is 3. The molecule has 0 aliphatic carbocycles.